The number of aliphatic hydroxyl groups excluding tert-OH is 1. The van der Waals surface area contributed by atoms with Crippen molar-refractivity contribution in [1.29, 1.82) is 0 Å². The lowest BCUT2D eigenvalue weighted by Gasteiger charge is -2.27. The maximum absolute atomic E-state index is 12.2. The zero-order valence-electron chi connectivity index (χ0n) is 11.5. The van der Waals surface area contributed by atoms with Crippen molar-refractivity contribution >= 4 is 5.91 Å². The fourth-order valence-corrected chi connectivity index (χ4v) is 2.34. The van der Waals surface area contributed by atoms with Crippen LogP contribution in [0.15, 0.2) is 0 Å². The average molecular weight is 258 g/mol. The number of hydrogen-bond donors (Lipinski definition) is 2. The molecule has 106 valence electrons. The number of ether oxygens (including phenoxy) is 1. The van der Waals surface area contributed by atoms with E-state index in [-0.39, 0.29) is 24.6 Å². The van der Waals surface area contributed by atoms with Crippen LogP contribution >= 0.6 is 0 Å². The number of carbonyl (C=O) groups is 1. The molecule has 0 aromatic heterocycles. The molecular weight excluding hydrogens is 232 g/mol. The molecule has 0 saturated carbocycles. The van der Waals surface area contributed by atoms with Gasteiger partial charge in [0.2, 0.25) is 5.91 Å². The van der Waals surface area contributed by atoms with Crippen LogP contribution < -0.4 is 5.32 Å². The molecule has 5 heteroatoms. The minimum Gasteiger partial charge on any atom is -0.395 e. The number of hydrogen-bond acceptors (Lipinski definition) is 4. The normalized spacial score (nSPS) is 20.3. The van der Waals surface area contributed by atoms with Gasteiger partial charge in [0.25, 0.3) is 0 Å². The number of nitrogens with zero attached hydrogens (tertiary/aromatic N) is 1. The van der Waals surface area contributed by atoms with Gasteiger partial charge in [0.05, 0.1) is 25.3 Å². The molecule has 18 heavy (non-hydrogen) atoms. The molecule has 1 amide bonds. The van der Waals surface area contributed by atoms with Crippen molar-refractivity contribution in [1.82, 2.24) is 10.2 Å². The van der Waals surface area contributed by atoms with Crippen molar-refractivity contribution in [2.45, 2.75) is 44.7 Å². The first-order chi connectivity index (χ1) is 8.69. The summed E-state index contributed by atoms with van der Waals surface area (Å²) < 4.78 is 4.99. The Balaban J connectivity index is 2.43. The number of likely N-dealkylation sites (tertiary alicyclic amines) is 1. The highest BCUT2D eigenvalue weighted by atomic mass is 16.5. The summed E-state index contributed by atoms with van der Waals surface area (Å²) in [6.45, 7) is 3.96. The van der Waals surface area contributed by atoms with Gasteiger partial charge in [-0.1, -0.05) is 12.8 Å². The largest absolute Gasteiger partial charge is 0.395 e. The van der Waals surface area contributed by atoms with Gasteiger partial charge in [-0.05, 0) is 19.8 Å². The third-order valence-corrected chi connectivity index (χ3v) is 3.36. The Hall–Kier alpha value is -0.650. The minimum atomic E-state index is -0.268. The first-order valence-electron chi connectivity index (χ1n) is 6.83. The molecule has 0 aromatic carbocycles. The van der Waals surface area contributed by atoms with Gasteiger partial charge < -0.3 is 14.7 Å². The van der Waals surface area contributed by atoms with Gasteiger partial charge in [-0.2, -0.15) is 0 Å². The van der Waals surface area contributed by atoms with E-state index in [1.165, 1.54) is 12.8 Å². The molecule has 0 aliphatic carbocycles. The predicted octanol–water partition coefficient (Wildman–Crippen LogP) is 0.374. The third kappa shape index (κ3) is 4.92. The molecular formula is C13H26N2O3. The van der Waals surface area contributed by atoms with Crippen molar-refractivity contribution in [3.8, 4) is 0 Å². The van der Waals surface area contributed by atoms with Crippen LogP contribution in [0, 0.1) is 0 Å². The van der Waals surface area contributed by atoms with E-state index in [1.54, 1.807) is 7.11 Å². The molecule has 1 rings (SSSR count). The summed E-state index contributed by atoms with van der Waals surface area (Å²) in [6.07, 6.45) is 4.63. The van der Waals surface area contributed by atoms with E-state index >= 15 is 0 Å². The SMILES string of the molecule is COCC(CO)NC(C)C(=O)N1CCCCCC1. The Kier molecular flexibility index (Phi) is 7.23. The van der Waals surface area contributed by atoms with Crippen LogP contribution in [0.4, 0.5) is 0 Å². The number of nitrogens with one attached hydrogen (secondary N) is 1. The second kappa shape index (κ2) is 8.45. The molecule has 2 atom stereocenters. The molecule has 1 fully saturated rings. The quantitative estimate of drug-likeness (QED) is 0.723. The topological polar surface area (TPSA) is 61.8 Å². The van der Waals surface area contributed by atoms with Crippen LogP contribution in [0.2, 0.25) is 0 Å². The lowest BCUT2D eigenvalue weighted by Crippen LogP contribution is -2.50. The highest BCUT2D eigenvalue weighted by molar-refractivity contribution is 5.81. The van der Waals surface area contributed by atoms with Crippen LogP contribution in [0.1, 0.15) is 32.6 Å². The van der Waals surface area contributed by atoms with Crippen molar-refractivity contribution < 1.29 is 14.6 Å². The Morgan fingerprint density at radius 2 is 1.94 bits per heavy atom. The second-order valence-corrected chi connectivity index (χ2v) is 4.96. The van der Waals surface area contributed by atoms with Crippen molar-refractivity contribution in [3.63, 3.8) is 0 Å². The van der Waals surface area contributed by atoms with E-state index in [4.69, 9.17) is 4.74 Å². The summed E-state index contributed by atoms with van der Waals surface area (Å²) in [6, 6.07) is -0.448. The van der Waals surface area contributed by atoms with Gasteiger partial charge >= 0.3 is 0 Å². The Morgan fingerprint density at radius 1 is 1.33 bits per heavy atom. The molecule has 0 aromatic rings. The van der Waals surface area contributed by atoms with Gasteiger partial charge in [-0.15, -0.1) is 0 Å². The Bertz CT molecular complexity index is 240. The van der Waals surface area contributed by atoms with Crippen LogP contribution in [-0.2, 0) is 9.53 Å². The average Bonchev–Trinajstić information content (AvgIpc) is 2.65. The third-order valence-electron chi connectivity index (χ3n) is 3.36. The zero-order valence-corrected chi connectivity index (χ0v) is 11.5. The van der Waals surface area contributed by atoms with E-state index in [9.17, 15) is 9.90 Å². The standard InChI is InChI=1S/C13H26N2O3/c1-11(14-12(9-16)10-18-2)13(17)15-7-5-3-4-6-8-15/h11-12,14,16H,3-10H2,1-2H3. The molecule has 2 N–H and O–H groups in total. The van der Waals surface area contributed by atoms with Gasteiger partial charge in [0.1, 0.15) is 0 Å². The molecule has 5 nitrogen and oxygen atoms in total. The maximum Gasteiger partial charge on any atom is 0.239 e. The van der Waals surface area contributed by atoms with Gasteiger partial charge in [0, 0.05) is 20.2 Å². The molecule has 0 radical (unpaired) electrons. The van der Waals surface area contributed by atoms with Crippen LogP contribution in [0.3, 0.4) is 0 Å². The lowest BCUT2D eigenvalue weighted by molar-refractivity contribution is -0.133. The summed E-state index contributed by atoms with van der Waals surface area (Å²) in [5.74, 6) is 0.131. The van der Waals surface area contributed by atoms with Crippen molar-refractivity contribution in [2.24, 2.45) is 0 Å². The zero-order chi connectivity index (χ0) is 13.4. The fourth-order valence-electron chi connectivity index (χ4n) is 2.34. The number of aliphatic hydroxyl groups is 1. The van der Waals surface area contributed by atoms with Crippen LogP contribution in [0.25, 0.3) is 0 Å². The molecule has 1 aliphatic heterocycles. The molecule has 0 bridgehead atoms. The van der Waals surface area contributed by atoms with Crippen LogP contribution in [0.5, 0.6) is 0 Å². The minimum absolute atomic E-state index is 0.0224. The number of methoxy groups -OCH3 is 1. The summed E-state index contributed by atoms with van der Waals surface area (Å²) in [5.41, 5.74) is 0. The monoisotopic (exact) mass is 258 g/mol. The summed E-state index contributed by atoms with van der Waals surface area (Å²) in [4.78, 5) is 14.2. The fraction of sp³-hybridized carbons (Fsp3) is 0.923. The Morgan fingerprint density at radius 3 is 2.44 bits per heavy atom. The molecule has 1 aliphatic rings. The Labute approximate surface area is 109 Å². The predicted molar refractivity (Wildman–Crippen MR) is 70.4 cm³/mol. The molecule has 1 heterocycles. The van der Waals surface area contributed by atoms with E-state index in [0.29, 0.717) is 6.61 Å². The number of rotatable bonds is 6. The molecule has 1 saturated heterocycles. The maximum atomic E-state index is 12.2. The highest BCUT2D eigenvalue weighted by Gasteiger charge is 2.23. The lowest BCUT2D eigenvalue weighted by atomic mass is 10.2. The summed E-state index contributed by atoms with van der Waals surface area (Å²) in [7, 11) is 1.59. The van der Waals surface area contributed by atoms with Gasteiger partial charge in [-0.3, -0.25) is 10.1 Å². The van der Waals surface area contributed by atoms with Crippen molar-refractivity contribution in [2.75, 3.05) is 33.4 Å². The van der Waals surface area contributed by atoms with E-state index in [1.807, 2.05) is 11.8 Å². The second-order valence-electron chi connectivity index (χ2n) is 4.96. The van der Waals surface area contributed by atoms with E-state index < -0.39 is 0 Å². The van der Waals surface area contributed by atoms with Crippen LogP contribution in [-0.4, -0.2) is 61.4 Å². The van der Waals surface area contributed by atoms with E-state index in [2.05, 4.69) is 5.32 Å². The first kappa shape index (κ1) is 15.4. The number of amides is 1. The first-order valence-corrected chi connectivity index (χ1v) is 6.83. The summed E-state index contributed by atoms with van der Waals surface area (Å²) in [5, 5.41) is 12.3. The summed E-state index contributed by atoms with van der Waals surface area (Å²) >= 11 is 0. The van der Waals surface area contributed by atoms with Crippen molar-refractivity contribution in [3.05, 3.63) is 0 Å². The highest BCUT2D eigenvalue weighted by Crippen LogP contribution is 2.10. The van der Waals surface area contributed by atoms with Gasteiger partial charge in [0.15, 0.2) is 0 Å². The van der Waals surface area contributed by atoms with Gasteiger partial charge in [-0.25, -0.2) is 0 Å². The molecule has 0 spiro atoms. The number of carbonyl (C=O) groups excluding carboxylic acids is 1. The van der Waals surface area contributed by atoms with E-state index in [0.717, 1.165) is 25.9 Å². The molecule has 2 unspecified atom stereocenters. The smallest absolute Gasteiger partial charge is 0.239 e.